The SMILES string of the molecule is CN(C)CCN1C(=O)c2cc3sccc3n2CC1(C)C(=O)NC1CCCCCC1. The number of carbonyl (C=O) groups excluding carboxylic acids is 2. The molecule has 0 aromatic carbocycles. The number of nitrogens with zero attached hydrogens (tertiary/aromatic N) is 3. The van der Waals surface area contributed by atoms with Crippen molar-refractivity contribution in [3.05, 3.63) is 23.2 Å². The molecule has 1 aliphatic carbocycles. The van der Waals surface area contributed by atoms with Gasteiger partial charge >= 0.3 is 0 Å². The second kappa shape index (κ2) is 8.11. The lowest BCUT2D eigenvalue weighted by atomic mass is 9.93. The summed E-state index contributed by atoms with van der Waals surface area (Å²) in [5.41, 5.74) is 0.866. The normalized spacial score (nSPS) is 23.4. The molecule has 2 aromatic heterocycles. The average Bonchev–Trinajstić information content (AvgIpc) is 3.16. The van der Waals surface area contributed by atoms with Crippen molar-refractivity contribution in [2.75, 3.05) is 27.2 Å². The van der Waals surface area contributed by atoms with Gasteiger partial charge in [0.2, 0.25) is 5.91 Å². The zero-order valence-electron chi connectivity index (χ0n) is 17.7. The second-order valence-corrected chi connectivity index (χ2v) is 9.93. The van der Waals surface area contributed by atoms with Crippen molar-refractivity contribution in [2.45, 2.75) is 63.6 Å². The van der Waals surface area contributed by atoms with Crippen LogP contribution in [0.2, 0.25) is 0 Å². The minimum atomic E-state index is -0.889. The summed E-state index contributed by atoms with van der Waals surface area (Å²) in [4.78, 5) is 30.9. The van der Waals surface area contributed by atoms with Crippen molar-refractivity contribution in [1.29, 1.82) is 0 Å². The Hall–Kier alpha value is -1.86. The molecule has 0 spiro atoms. The molecule has 0 bridgehead atoms. The predicted octanol–water partition coefficient (Wildman–Crippen LogP) is 3.32. The Morgan fingerprint density at radius 1 is 1.28 bits per heavy atom. The van der Waals surface area contributed by atoms with E-state index in [-0.39, 0.29) is 17.9 Å². The van der Waals surface area contributed by atoms with E-state index in [2.05, 4.69) is 16.3 Å². The summed E-state index contributed by atoms with van der Waals surface area (Å²) in [5, 5.41) is 5.36. The molecule has 1 N–H and O–H groups in total. The fourth-order valence-electron chi connectivity index (χ4n) is 4.69. The van der Waals surface area contributed by atoms with Crippen LogP contribution in [0.3, 0.4) is 0 Å². The fraction of sp³-hybridized carbons (Fsp3) is 0.636. The molecule has 2 aromatic rings. The van der Waals surface area contributed by atoms with E-state index in [4.69, 9.17) is 0 Å². The van der Waals surface area contributed by atoms with E-state index in [1.54, 1.807) is 16.2 Å². The van der Waals surface area contributed by atoms with E-state index >= 15 is 0 Å². The van der Waals surface area contributed by atoms with Gasteiger partial charge in [-0.15, -0.1) is 11.3 Å². The van der Waals surface area contributed by atoms with Crippen LogP contribution in [0.25, 0.3) is 10.2 Å². The van der Waals surface area contributed by atoms with E-state index in [0.29, 0.717) is 18.8 Å². The van der Waals surface area contributed by atoms with Gasteiger partial charge in [0.15, 0.2) is 0 Å². The van der Waals surface area contributed by atoms with Gasteiger partial charge in [0.25, 0.3) is 5.91 Å². The fourth-order valence-corrected chi connectivity index (χ4v) is 5.51. The maximum atomic E-state index is 13.6. The average molecular weight is 417 g/mol. The van der Waals surface area contributed by atoms with Crippen LogP contribution in [0, 0.1) is 0 Å². The van der Waals surface area contributed by atoms with E-state index in [1.165, 1.54) is 25.7 Å². The number of fused-ring (bicyclic) bond motifs is 3. The summed E-state index contributed by atoms with van der Waals surface area (Å²) in [6.07, 6.45) is 6.92. The number of thiophene rings is 1. The topological polar surface area (TPSA) is 57.6 Å². The number of carbonyl (C=O) groups is 2. The summed E-state index contributed by atoms with van der Waals surface area (Å²) in [5.74, 6) is -0.0562. The predicted molar refractivity (Wildman–Crippen MR) is 117 cm³/mol. The standard InChI is InChI=1S/C22H32N4O2S/c1-22(21(28)23-16-8-6-4-5-7-9-16)15-25-17-10-13-29-19(17)14-18(25)20(27)26(22)12-11-24(2)3/h10,13-14,16H,4-9,11-12,15H2,1-3H3,(H,23,28). The lowest BCUT2D eigenvalue weighted by molar-refractivity contribution is -0.133. The Bertz CT molecular complexity index is 894. The van der Waals surface area contributed by atoms with Gasteiger partial charge in [0.1, 0.15) is 11.2 Å². The molecule has 1 saturated carbocycles. The molecule has 7 heteroatoms. The van der Waals surface area contributed by atoms with Gasteiger partial charge in [-0.05, 0) is 51.4 Å². The molecule has 1 unspecified atom stereocenters. The minimum absolute atomic E-state index is 0.0146. The Labute approximate surface area is 176 Å². The Morgan fingerprint density at radius 2 is 2.00 bits per heavy atom. The smallest absolute Gasteiger partial charge is 0.271 e. The zero-order valence-corrected chi connectivity index (χ0v) is 18.6. The quantitative estimate of drug-likeness (QED) is 0.761. The van der Waals surface area contributed by atoms with E-state index in [0.717, 1.165) is 29.6 Å². The Balaban J connectivity index is 1.66. The minimum Gasteiger partial charge on any atom is -0.351 e. The lowest BCUT2D eigenvalue weighted by Crippen LogP contribution is -2.65. The van der Waals surface area contributed by atoms with Crippen LogP contribution in [0.4, 0.5) is 0 Å². The zero-order chi connectivity index (χ0) is 20.6. The molecule has 2 aliphatic rings. The largest absolute Gasteiger partial charge is 0.351 e. The molecule has 1 atom stereocenters. The summed E-state index contributed by atoms with van der Waals surface area (Å²) in [6, 6.07) is 4.25. The summed E-state index contributed by atoms with van der Waals surface area (Å²) in [6.45, 7) is 3.71. The molecule has 2 amide bonds. The van der Waals surface area contributed by atoms with Gasteiger partial charge < -0.3 is 19.7 Å². The van der Waals surface area contributed by atoms with Crippen LogP contribution < -0.4 is 5.32 Å². The first-order chi connectivity index (χ1) is 13.9. The van der Waals surface area contributed by atoms with Crippen molar-refractivity contribution in [3.63, 3.8) is 0 Å². The summed E-state index contributed by atoms with van der Waals surface area (Å²) < 4.78 is 3.15. The van der Waals surface area contributed by atoms with Crippen LogP contribution in [0.15, 0.2) is 17.5 Å². The number of amides is 2. The number of rotatable bonds is 5. The number of nitrogens with one attached hydrogen (secondary N) is 1. The Kier molecular flexibility index (Phi) is 5.71. The van der Waals surface area contributed by atoms with Gasteiger partial charge in [0, 0.05) is 19.1 Å². The molecule has 1 aliphatic heterocycles. The molecular weight excluding hydrogens is 384 g/mol. The molecule has 6 nitrogen and oxygen atoms in total. The lowest BCUT2D eigenvalue weighted by Gasteiger charge is -2.45. The van der Waals surface area contributed by atoms with Crippen LogP contribution in [-0.4, -0.2) is 64.9 Å². The molecule has 158 valence electrons. The molecular formula is C22H32N4O2S. The van der Waals surface area contributed by atoms with E-state index < -0.39 is 5.54 Å². The third kappa shape index (κ3) is 3.82. The number of hydrogen-bond donors (Lipinski definition) is 1. The first-order valence-corrected chi connectivity index (χ1v) is 11.6. The summed E-state index contributed by atoms with van der Waals surface area (Å²) in [7, 11) is 3.99. The first kappa shape index (κ1) is 20.4. The maximum absolute atomic E-state index is 13.6. The second-order valence-electron chi connectivity index (χ2n) is 8.98. The van der Waals surface area contributed by atoms with Crippen molar-refractivity contribution < 1.29 is 9.59 Å². The van der Waals surface area contributed by atoms with E-state index in [9.17, 15) is 9.59 Å². The van der Waals surface area contributed by atoms with Gasteiger partial charge in [-0.2, -0.15) is 0 Å². The highest BCUT2D eigenvalue weighted by atomic mass is 32.1. The Morgan fingerprint density at radius 3 is 2.69 bits per heavy atom. The van der Waals surface area contributed by atoms with Crippen LogP contribution in [-0.2, 0) is 11.3 Å². The van der Waals surface area contributed by atoms with E-state index in [1.807, 2.05) is 37.0 Å². The molecule has 4 rings (SSSR count). The number of hydrogen-bond acceptors (Lipinski definition) is 4. The van der Waals surface area contributed by atoms with Crippen molar-refractivity contribution in [1.82, 2.24) is 19.7 Å². The van der Waals surface area contributed by atoms with Crippen molar-refractivity contribution in [2.24, 2.45) is 0 Å². The van der Waals surface area contributed by atoms with Crippen molar-refractivity contribution in [3.8, 4) is 0 Å². The first-order valence-electron chi connectivity index (χ1n) is 10.7. The van der Waals surface area contributed by atoms with Gasteiger partial charge in [-0.1, -0.05) is 25.7 Å². The third-order valence-corrected chi connectivity index (χ3v) is 7.35. The van der Waals surface area contributed by atoms with Crippen molar-refractivity contribution >= 4 is 33.4 Å². The van der Waals surface area contributed by atoms with Gasteiger partial charge in [-0.3, -0.25) is 9.59 Å². The highest BCUT2D eigenvalue weighted by Crippen LogP contribution is 2.34. The third-order valence-electron chi connectivity index (χ3n) is 6.50. The molecule has 0 radical (unpaired) electrons. The van der Waals surface area contributed by atoms with Crippen LogP contribution in [0.5, 0.6) is 0 Å². The van der Waals surface area contributed by atoms with Crippen LogP contribution >= 0.6 is 11.3 Å². The monoisotopic (exact) mass is 416 g/mol. The number of aromatic nitrogens is 1. The van der Waals surface area contributed by atoms with Crippen LogP contribution in [0.1, 0.15) is 55.9 Å². The molecule has 0 saturated heterocycles. The highest BCUT2D eigenvalue weighted by Gasteiger charge is 2.48. The number of likely N-dealkylation sites (N-methyl/N-ethyl adjacent to an activating group) is 1. The van der Waals surface area contributed by atoms with Gasteiger partial charge in [0.05, 0.1) is 16.8 Å². The summed E-state index contributed by atoms with van der Waals surface area (Å²) >= 11 is 1.64. The highest BCUT2D eigenvalue weighted by molar-refractivity contribution is 7.17. The molecule has 1 fully saturated rings. The molecule has 29 heavy (non-hydrogen) atoms. The maximum Gasteiger partial charge on any atom is 0.271 e. The molecule has 3 heterocycles. The van der Waals surface area contributed by atoms with Gasteiger partial charge in [-0.25, -0.2) is 0 Å².